The molecule has 0 radical (unpaired) electrons. The molecule has 104 valence electrons. The van der Waals surface area contributed by atoms with Crippen molar-refractivity contribution in [3.05, 3.63) is 0 Å². The lowest BCUT2D eigenvalue weighted by atomic mass is 9.68. The van der Waals surface area contributed by atoms with Gasteiger partial charge in [0.1, 0.15) is 0 Å². The van der Waals surface area contributed by atoms with Gasteiger partial charge in [-0.1, -0.05) is 25.7 Å². The normalized spacial score (nSPS) is 40.2. The third-order valence-electron chi connectivity index (χ3n) is 5.96. The summed E-state index contributed by atoms with van der Waals surface area (Å²) in [5, 5.41) is 4.06. The van der Waals surface area contributed by atoms with Crippen LogP contribution in [-0.4, -0.2) is 18.1 Å². The average molecular weight is 250 g/mol. The Hall–Kier alpha value is -0.0800. The number of nitrogens with two attached hydrogens (primary N) is 1. The van der Waals surface area contributed by atoms with Gasteiger partial charge in [0.25, 0.3) is 0 Å². The zero-order chi connectivity index (χ0) is 12.4. The Balaban J connectivity index is 1.59. The van der Waals surface area contributed by atoms with Crippen molar-refractivity contribution in [2.45, 2.75) is 95.2 Å². The Morgan fingerprint density at radius 2 is 1.39 bits per heavy atom. The molecular formula is C16H30N2. The summed E-state index contributed by atoms with van der Waals surface area (Å²) < 4.78 is 0. The molecule has 2 heteroatoms. The van der Waals surface area contributed by atoms with Crippen molar-refractivity contribution < 1.29 is 0 Å². The predicted octanol–water partition coefficient (Wildman–Crippen LogP) is 3.35. The number of hydrogen-bond acceptors (Lipinski definition) is 2. The molecule has 3 aliphatic carbocycles. The smallest absolute Gasteiger partial charge is 0.0126 e. The molecule has 0 amide bonds. The van der Waals surface area contributed by atoms with E-state index in [1.165, 1.54) is 77.0 Å². The van der Waals surface area contributed by atoms with Gasteiger partial charge in [-0.2, -0.15) is 0 Å². The van der Waals surface area contributed by atoms with Gasteiger partial charge >= 0.3 is 0 Å². The molecule has 0 saturated heterocycles. The van der Waals surface area contributed by atoms with Gasteiger partial charge in [-0.25, -0.2) is 0 Å². The van der Waals surface area contributed by atoms with Crippen molar-refractivity contribution in [1.82, 2.24) is 5.32 Å². The Morgan fingerprint density at radius 1 is 0.778 bits per heavy atom. The fourth-order valence-electron chi connectivity index (χ4n) is 4.81. The van der Waals surface area contributed by atoms with E-state index in [1.54, 1.807) is 0 Å². The van der Waals surface area contributed by atoms with E-state index in [2.05, 4.69) is 5.32 Å². The first-order chi connectivity index (χ1) is 8.78. The van der Waals surface area contributed by atoms with E-state index in [0.29, 0.717) is 11.5 Å². The molecule has 3 saturated carbocycles. The minimum Gasteiger partial charge on any atom is -0.328 e. The summed E-state index contributed by atoms with van der Waals surface area (Å²) in [5.74, 6) is 0. The van der Waals surface area contributed by atoms with E-state index in [-0.39, 0.29) is 0 Å². The molecule has 0 aliphatic heterocycles. The van der Waals surface area contributed by atoms with Crippen LogP contribution in [0.3, 0.4) is 0 Å². The molecule has 0 bridgehead atoms. The van der Waals surface area contributed by atoms with Gasteiger partial charge in [-0.3, -0.25) is 0 Å². The third kappa shape index (κ3) is 2.60. The Labute approximate surface area is 112 Å². The molecular weight excluding hydrogens is 220 g/mol. The van der Waals surface area contributed by atoms with Crippen molar-refractivity contribution in [3.8, 4) is 0 Å². The highest BCUT2D eigenvalue weighted by molar-refractivity contribution is 4.98. The van der Waals surface area contributed by atoms with E-state index in [0.717, 1.165) is 12.1 Å². The van der Waals surface area contributed by atoms with Gasteiger partial charge in [-0.05, 0) is 56.8 Å². The predicted molar refractivity (Wildman–Crippen MR) is 76.5 cm³/mol. The Bertz CT molecular complexity index is 262. The van der Waals surface area contributed by atoms with Crippen molar-refractivity contribution in [1.29, 1.82) is 0 Å². The molecule has 18 heavy (non-hydrogen) atoms. The SMILES string of the molecule is NC1CCC(NC2CCCCC23CCCC3)CC1. The van der Waals surface area contributed by atoms with Crippen molar-refractivity contribution in [2.24, 2.45) is 11.1 Å². The zero-order valence-corrected chi connectivity index (χ0v) is 11.8. The van der Waals surface area contributed by atoms with Gasteiger partial charge in [0.2, 0.25) is 0 Å². The van der Waals surface area contributed by atoms with Gasteiger partial charge < -0.3 is 11.1 Å². The van der Waals surface area contributed by atoms with Crippen LogP contribution in [-0.2, 0) is 0 Å². The maximum Gasteiger partial charge on any atom is 0.0126 e. The fourth-order valence-corrected chi connectivity index (χ4v) is 4.81. The van der Waals surface area contributed by atoms with E-state index in [1.807, 2.05) is 0 Å². The first-order valence-corrected chi connectivity index (χ1v) is 8.30. The molecule has 1 spiro atoms. The summed E-state index contributed by atoms with van der Waals surface area (Å²) in [5.41, 5.74) is 6.71. The molecule has 0 aromatic heterocycles. The molecule has 3 N–H and O–H groups in total. The minimum atomic E-state index is 0.481. The lowest BCUT2D eigenvalue weighted by molar-refractivity contribution is 0.113. The molecule has 1 atom stereocenters. The van der Waals surface area contributed by atoms with Crippen molar-refractivity contribution in [2.75, 3.05) is 0 Å². The lowest BCUT2D eigenvalue weighted by Crippen LogP contribution is -2.51. The Morgan fingerprint density at radius 3 is 2.06 bits per heavy atom. The van der Waals surface area contributed by atoms with Gasteiger partial charge in [0.05, 0.1) is 0 Å². The summed E-state index contributed by atoms with van der Waals surface area (Å²) >= 11 is 0. The van der Waals surface area contributed by atoms with Crippen LogP contribution in [0.4, 0.5) is 0 Å². The van der Waals surface area contributed by atoms with Crippen LogP contribution in [0.5, 0.6) is 0 Å². The molecule has 0 aromatic rings. The maximum absolute atomic E-state index is 6.02. The molecule has 1 unspecified atom stereocenters. The van der Waals surface area contributed by atoms with Crippen LogP contribution in [0.1, 0.15) is 77.0 Å². The second-order valence-corrected chi connectivity index (χ2v) is 7.15. The van der Waals surface area contributed by atoms with Crippen LogP contribution < -0.4 is 11.1 Å². The summed E-state index contributed by atoms with van der Waals surface area (Å²) in [6.07, 6.45) is 16.9. The topological polar surface area (TPSA) is 38.0 Å². The number of rotatable bonds is 2. The van der Waals surface area contributed by atoms with Crippen LogP contribution in [0, 0.1) is 5.41 Å². The maximum atomic E-state index is 6.02. The van der Waals surface area contributed by atoms with Crippen LogP contribution in [0.2, 0.25) is 0 Å². The summed E-state index contributed by atoms with van der Waals surface area (Å²) in [4.78, 5) is 0. The summed E-state index contributed by atoms with van der Waals surface area (Å²) in [7, 11) is 0. The molecule has 0 aromatic carbocycles. The van der Waals surface area contributed by atoms with Crippen LogP contribution in [0.25, 0.3) is 0 Å². The monoisotopic (exact) mass is 250 g/mol. The standard InChI is InChI=1S/C16H30N2/c17-13-6-8-14(9-7-13)18-15-5-1-2-10-16(15)11-3-4-12-16/h13-15,18H,1-12,17H2. The van der Waals surface area contributed by atoms with E-state index in [9.17, 15) is 0 Å². The third-order valence-corrected chi connectivity index (χ3v) is 5.96. The molecule has 3 rings (SSSR count). The lowest BCUT2D eigenvalue weighted by Gasteiger charge is -2.44. The van der Waals surface area contributed by atoms with E-state index >= 15 is 0 Å². The second kappa shape index (κ2) is 5.50. The first kappa shape index (κ1) is 12.9. The second-order valence-electron chi connectivity index (χ2n) is 7.15. The number of nitrogens with one attached hydrogen (secondary N) is 1. The van der Waals surface area contributed by atoms with Crippen LogP contribution in [0.15, 0.2) is 0 Å². The molecule has 3 aliphatic rings. The van der Waals surface area contributed by atoms with Gasteiger partial charge in [0, 0.05) is 18.1 Å². The molecule has 3 fully saturated rings. The summed E-state index contributed by atoms with van der Waals surface area (Å²) in [6, 6.07) is 2.08. The molecule has 0 heterocycles. The largest absolute Gasteiger partial charge is 0.328 e. The van der Waals surface area contributed by atoms with E-state index in [4.69, 9.17) is 5.73 Å². The van der Waals surface area contributed by atoms with Gasteiger partial charge in [0.15, 0.2) is 0 Å². The highest BCUT2D eigenvalue weighted by Crippen LogP contribution is 2.49. The van der Waals surface area contributed by atoms with Crippen molar-refractivity contribution >= 4 is 0 Å². The Kier molecular flexibility index (Phi) is 3.95. The van der Waals surface area contributed by atoms with E-state index < -0.39 is 0 Å². The van der Waals surface area contributed by atoms with Gasteiger partial charge in [-0.15, -0.1) is 0 Å². The molecule has 2 nitrogen and oxygen atoms in total. The average Bonchev–Trinajstić information content (AvgIpc) is 2.84. The minimum absolute atomic E-state index is 0.481. The quantitative estimate of drug-likeness (QED) is 0.789. The fraction of sp³-hybridized carbons (Fsp3) is 1.00. The highest BCUT2D eigenvalue weighted by atomic mass is 15.0. The zero-order valence-electron chi connectivity index (χ0n) is 11.8. The highest BCUT2D eigenvalue weighted by Gasteiger charge is 2.43. The first-order valence-electron chi connectivity index (χ1n) is 8.30. The van der Waals surface area contributed by atoms with Crippen molar-refractivity contribution in [3.63, 3.8) is 0 Å². The number of hydrogen-bond donors (Lipinski definition) is 2. The summed E-state index contributed by atoms with van der Waals surface area (Å²) in [6.45, 7) is 0. The van der Waals surface area contributed by atoms with Crippen LogP contribution >= 0.6 is 0 Å².